The molecule has 2 nitrogen and oxygen atoms in total. The van der Waals surface area contributed by atoms with Crippen molar-refractivity contribution in [3.8, 4) is 0 Å². The first-order valence-corrected chi connectivity index (χ1v) is 3.21. The lowest BCUT2D eigenvalue weighted by molar-refractivity contribution is 0.629. The number of halogens is 1. The van der Waals surface area contributed by atoms with Crippen molar-refractivity contribution in [2.75, 3.05) is 0 Å². The Balaban J connectivity index is 2.86. The highest BCUT2D eigenvalue weighted by molar-refractivity contribution is 5.80. The Morgan fingerprint density at radius 2 is 2.09 bits per heavy atom. The molecule has 0 N–H and O–H groups in total. The third-order valence-electron chi connectivity index (χ3n) is 1.62. The zero-order valence-corrected chi connectivity index (χ0v) is 5.62. The van der Waals surface area contributed by atoms with Gasteiger partial charge in [0.2, 0.25) is 0 Å². The van der Waals surface area contributed by atoms with Crippen LogP contribution >= 0.6 is 0 Å². The SMILES string of the molecule is [O-]n1ccc2cc(F)ccc21. The maximum absolute atomic E-state index is 12.5. The van der Waals surface area contributed by atoms with Crippen molar-refractivity contribution in [2.24, 2.45) is 0 Å². The van der Waals surface area contributed by atoms with Gasteiger partial charge in [0.1, 0.15) is 5.82 Å². The monoisotopic (exact) mass is 150 g/mol. The number of fused-ring (bicyclic) bond motifs is 1. The van der Waals surface area contributed by atoms with Crippen molar-refractivity contribution in [3.05, 3.63) is 41.5 Å². The van der Waals surface area contributed by atoms with Crippen molar-refractivity contribution in [2.45, 2.75) is 0 Å². The Labute approximate surface area is 62.4 Å². The zero-order valence-electron chi connectivity index (χ0n) is 5.62. The van der Waals surface area contributed by atoms with E-state index in [1.54, 1.807) is 6.07 Å². The Morgan fingerprint density at radius 1 is 1.27 bits per heavy atom. The topological polar surface area (TPSA) is 28.0 Å². The van der Waals surface area contributed by atoms with Gasteiger partial charge in [0, 0.05) is 10.9 Å². The number of hydrogen-bond donors (Lipinski definition) is 0. The summed E-state index contributed by atoms with van der Waals surface area (Å²) in [4.78, 5) is 0. The quantitative estimate of drug-likeness (QED) is 0.565. The molecule has 3 heteroatoms. The zero-order chi connectivity index (χ0) is 7.84. The molecular formula is C8H5FNO-. The Morgan fingerprint density at radius 3 is 2.91 bits per heavy atom. The van der Waals surface area contributed by atoms with Gasteiger partial charge >= 0.3 is 0 Å². The molecule has 0 bridgehead atoms. The molecule has 0 aliphatic rings. The first-order valence-electron chi connectivity index (χ1n) is 3.21. The van der Waals surface area contributed by atoms with Gasteiger partial charge in [-0.2, -0.15) is 0 Å². The van der Waals surface area contributed by atoms with Gasteiger partial charge < -0.3 is 9.94 Å². The third-order valence-corrected chi connectivity index (χ3v) is 1.62. The van der Waals surface area contributed by atoms with E-state index in [2.05, 4.69) is 0 Å². The minimum atomic E-state index is -0.316. The summed E-state index contributed by atoms with van der Waals surface area (Å²) in [6, 6.07) is 5.67. The standard InChI is InChI=1S/C8H5FNO/c9-7-1-2-8-6(5-7)3-4-10(8)11/h1-5H/q-1. The van der Waals surface area contributed by atoms with Gasteiger partial charge in [0.25, 0.3) is 0 Å². The smallest absolute Gasteiger partial charge is 0.123 e. The minimum Gasteiger partial charge on any atom is -0.806 e. The van der Waals surface area contributed by atoms with E-state index in [0.29, 0.717) is 10.9 Å². The molecule has 56 valence electrons. The molecular weight excluding hydrogens is 145 g/mol. The van der Waals surface area contributed by atoms with Crippen LogP contribution in [0.15, 0.2) is 30.5 Å². The van der Waals surface area contributed by atoms with Gasteiger partial charge in [0.05, 0.1) is 0 Å². The third kappa shape index (κ3) is 0.852. The van der Waals surface area contributed by atoms with Crippen LogP contribution in [-0.4, -0.2) is 4.73 Å². The Bertz CT molecular complexity index is 394. The van der Waals surface area contributed by atoms with Crippen LogP contribution in [0.4, 0.5) is 4.39 Å². The number of hydrogen-bond acceptors (Lipinski definition) is 1. The van der Waals surface area contributed by atoms with Crippen molar-refractivity contribution in [1.82, 2.24) is 4.73 Å². The van der Waals surface area contributed by atoms with E-state index >= 15 is 0 Å². The van der Waals surface area contributed by atoms with Crippen LogP contribution in [0.1, 0.15) is 0 Å². The largest absolute Gasteiger partial charge is 0.806 e. The predicted octanol–water partition coefficient (Wildman–Crippen LogP) is 2.13. The summed E-state index contributed by atoms with van der Waals surface area (Å²) in [6.45, 7) is 0. The molecule has 11 heavy (non-hydrogen) atoms. The molecule has 0 atom stereocenters. The predicted molar refractivity (Wildman–Crippen MR) is 40.7 cm³/mol. The van der Waals surface area contributed by atoms with Crippen LogP contribution in [-0.2, 0) is 0 Å². The van der Waals surface area contributed by atoms with Gasteiger partial charge in [-0.15, -0.1) is 0 Å². The summed E-state index contributed by atoms with van der Waals surface area (Å²) < 4.78 is 13.3. The summed E-state index contributed by atoms with van der Waals surface area (Å²) in [5.41, 5.74) is 0.506. The molecule has 0 aliphatic heterocycles. The highest BCUT2D eigenvalue weighted by atomic mass is 19.1. The molecule has 0 saturated carbocycles. The summed E-state index contributed by atoms with van der Waals surface area (Å²) in [5, 5.41) is 11.5. The van der Waals surface area contributed by atoms with Crippen molar-refractivity contribution >= 4 is 10.9 Å². The average molecular weight is 150 g/mol. The van der Waals surface area contributed by atoms with Crippen LogP contribution in [0.3, 0.4) is 0 Å². The highest BCUT2D eigenvalue weighted by Gasteiger charge is 1.95. The summed E-state index contributed by atoms with van der Waals surface area (Å²) in [6.07, 6.45) is 1.37. The molecule has 2 aromatic rings. The fourth-order valence-corrected chi connectivity index (χ4v) is 1.09. The second-order valence-corrected chi connectivity index (χ2v) is 2.34. The lowest BCUT2D eigenvalue weighted by Gasteiger charge is -2.06. The molecule has 0 unspecified atom stereocenters. The van der Waals surface area contributed by atoms with E-state index < -0.39 is 0 Å². The van der Waals surface area contributed by atoms with Crippen molar-refractivity contribution < 1.29 is 4.39 Å². The van der Waals surface area contributed by atoms with Crippen LogP contribution in [0.25, 0.3) is 10.9 Å². The van der Waals surface area contributed by atoms with E-state index in [1.165, 1.54) is 24.4 Å². The molecule has 0 spiro atoms. The van der Waals surface area contributed by atoms with Gasteiger partial charge in [-0.3, -0.25) is 0 Å². The maximum atomic E-state index is 12.5. The fourth-order valence-electron chi connectivity index (χ4n) is 1.09. The van der Waals surface area contributed by atoms with Gasteiger partial charge in [-0.1, -0.05) is 0 Å². The van der Waals surface area contributed by atoms with Crippen LogP contribution in [0.2, 0.25) is 0 Å². The van der Waals surface area contributed by atoms with Crippen LogP contribution in [0, 0.1) is 11.0 Å². The lowest BCUT2D eigenvalue weighted by Crippen LogP contribution is -1.80. The van der Waals surface area contributed by atoms with Gasteiger partial charge in [-0.25, -0.2) is 4.39 Å². The Kier molecular flexibility index (Phi) is 1.12. The molecule has 0 fully saturated rings. The maximum Gasteiger partial charge on any atom is 0.123 e. The number of rotatable bonds is 0. The van der Waals surface area contributed by atoms with E-state index in [1.807, 2.05) is 0 Å². The molecule has 0 saturated heterocycles. The molecule has 1 aromatic heterocycles. The minimum absolute atomic E-state index is 0.316. The van der Waals surface area contributed by atoms with Gasteiger partial charge in [-0.05, 0) is 30.5 Å². The van der Waals surface area contributed by atoms with Crippen molar-refractivity contribution in [1.29, 1.82) is 0 Å². The van der Waals surface area contributed by atoms with Gasteiger partial charge in [0.15, 0.2) is 0 Å². The molecule has 0 aliphatic carbocycles. The Hall–Kier alpha value is -1.51. The summed E-state index contributed by atoms with van der Waals surface area (Å²) in [7, 11) is 0. The van der Waals surface area contributed by atoms with Crippen LogP contribution in [0.5, 0.6) is 0 Å². The molecule has 2 rings (SSSR count). The number of aromatic nitrogens is 1. The molecule has 0 radical (unpaired) electrons. The number of nitrogens with zero attached hydrogens (tertiary/aromatic N) is 1. The van der Waals surface area contributed by atoms with E-state index in [9.17, 15) is 9.60 Å². The second-order valence-electron chi connectivity index (χ2n) is 2.34. The first-order chi connectivity index (χ1) is 5.27. The average Bonchev–Trinajstić information content (AvgIpc) is 2.32. The summed E-state index contributed by atoms with van der Waals surface area (Å²) >= 11 is 0. The lowest BCUT2D eigenvalue weighted by atomic mass is 10.2. The molecule has 1 aromatic carbocycles. The van der Waals surface area contributed by atoms with E-state index in [-0.39, 0.29) is 5.82 Å². The second kappa shape index (κ2) is 1.99. The van der Waals surface area contributed by atoms with Crippen LogP contribution < -0.4 is 0 Å². The fraction of sp³-hybridized carbons (Fsp3) is 0. The summed E-state index contributed by atoms with van der Waals surface area (Å²) in [5.74, 6) is -0.316. The highest BCUT2D eigenvalue weighted by Crippen LogP contribution is 2.15. The number of benzene rings is 1. The molecule has 1 heterocycles. The normalized spacial score (nSPS) is 10.6. The van der Waals surface area contributed by atoms with E-state index in [0.717, 1.165) is 4.73 Å². The molecule has 0 amide bonds. The van der Waals surface area contributed by atoms with E-state index in [4.69, 9.17) is 0 Å². The van der Waals surface area contributed by atoms with Crippen molar-refractivity contribution in [3.63, 3.8) is 0 Å². The first kappa shape index (κ1) is 6.22.